The van der Waals surface area contributed by atoms with Gasteiger partial charge >= 0.3 is 0 Å². The average molecular weight is 431 g/mol. The SMILES string of the molecule is CCCCCCC(=O)N(CCOC)CC(=O)N(Cc1ccccc1)Cc1cccs1. The van der Waals surface area contributed by atoms with E-state index in [9.17, 15) is 9.59 Å². The Labute approximate surface area is 184 Å². The molecular formula is C24H34N2O3S. The Morgan fingerprint density at radius 3 is 2.40 bits per heavy atom. The van der Waals surface area contributed by atoms with Gasteiger partial charge in [-0.1, -0.05) is 62.6 Å². The Balaban J connectivity index is 2.05. The Hall–Kier alpha value is -2.18. The molecule has 1 heterocycles. The molecule has 0 aliphatic heterocycles. The van der Waals surface area contributed by atoms with Crippen LogP contribution in [0.1, 0.15) is 49.5 Å². The van der Waals surface area contributed by atoms with Crippen LogP contribution in [0.5, 0.6) is 0 Å². The molecule has 6 heteroatoms. The molecule has 2 rings (SSSR count). The summed E-state index contributed by atoms with van der Waals surface area (Å²) in [5.41, 5.74) is 1.08. The molecule has 1 aromatic heterocycles. The molecule has 1 aromatic carbocycles. The zero-order chi connectivity index (χ0) is 21.6. The van der Waals surface area contributed by atoms with Crippen LogP contribution in [-0.2, 0) is 27.4 Å². The number of unbranched alkanes of at least 4 members (excludes halogenated alkanes) is 3. The molecule has 0 spiro atoms. The van der Waals surface area contributed by atoms with Gasteiger partial charge in [0.05, 0.1) is 19.7 Å². The van der Waals surface area contributed by atoms with Crippen molar-refractivity contribution in [3.63, 3.8) is 0 Å². The van der Waals surface area contributed by atoms with E-state index in [4.69, 9.17) is 4.74 Å². The maximum absolute atomic E-state index is 13.2. The van der Waals surface area contributed by atoms with Gasteiger partial charge in [-0.15, -0.1) is 11.3 Å². The van der Waals surface area contributed by atoms with E-state index in [2.05, 4.69) is 6.92 Å². The minimum atomic E-state index is -0.0368. The summed E-state index contributed by atoms with van der Waals surface area (Å²) in [6.45, 7) is 4.19. The Bertz CT molecular complexity index is 734. The van der Waals surface area contributed by atoms with E-state index in [1.807, 2.05) is 52.7 Å². The van der Waals surface area contributed by atoms with Gasteiger partial charge in [-0.25, -0.2) is 0 Å². The highest BCUT2D eigenvalue weighted by molar-refractivity contribution is 7.09. The quantitative estimate of drug-likeness (QED) is 0.408. The number of carbonyl (C=O) groups is 2. The molecule has 5 nitrogen and oxygen atoms in total. The summed E-state index contributed by atoms with van der Waals surface area (Å²) in [6.07, 6.45) is 4.67. The van der Waals surface area contributed by atoms with Crippen LogP contribution in [0.25, 0.3) is 0 Å². The topological polar surface area (TPSA) is 49.9 Å². The first-order valence-corrected chi connectivity index (χ1v) is 11.6. The fourth-order valence-corrected chi connectivity index (χ4v) is 3.96. The summed E-state index contributed by atoms with van der Waals surface area (Å²) in [4.78, 5) is 30.6. The van der Waals surface area contributed by atoms with Gasteiger partial charge in [0, 0.05) is 31.5 Å². The molecule has 30 heavy (non-hydrogen) atoms. The third-order valence-corrected chi connectivity index (χ3v) is 5.85. The van der Waals surface area contributed by atoms with Crippen molar-refractivity contribution < 1.29 is 14.3 Å². The van der Waals surface area contributed by atoms with Crippen LogP contribution in [0.2, 0.25) is 0 Å². The van der Waals surface area contributed by atoms with Crippen molar-refractivity contribution in [2.24, 2.45) is 0 Å². The first kappa shape index (κ1) is 24.1. The fraction of sp³-hybridized carbons (Fsp3) is 0.500. The molecule has 0 saturated carbocycles. The summed E-state index contributed by atoms with van der Waals surface area (Å²) >= 11 is 1.64. The number of hydrogen-bond acceptors (Lipinski definition) is 4. The number of methoxy groups -OCH3 is 1. The van der Waals surface area contributed by atoms with Crippen molar-refractivity contribution >= 4 is 23.2 Å². The minimum Gasteiger partial charge on any atom is -0.383 e. The first-order chi connectivity index (χ1) is 14.6. The van der Waals surface area contributed by atoms with Crippen molar-refractivity contribution in [2.45, 2.75) is 52.1 Å². The maximum atomic E-state index is 13.2. The first-order valence-electron chi connectivity index (χ1n) is 10.7. The van der Waals surface area contributed by atoms with Crippen molar-refractivity contribution in [1.29, 1.82) is 0 Å². The zero-order valence-corrected chi connectivity index (χ0v) is 19.0. The van der Waals surface area contributed by atoms with Gasteiger partial charge in [0.2, 0.25) is 11.8 Å². The zero-order valence-electron chi connectivity index (χ0n) is 18.2. The summed E-state index contributed by atoms with van der Waals surface area (Å²) in [7, 11) is 1.62. The van der Waals surface area contributed by atoms with Crippen LogP contribution >= 0.6 is 11.3 Å². The monoisotopic (exact) mass is 430 g/mol. The molecule has 0 atom stereocenters. The minimum absolute atomic E-state index is 0.0345. The van der Waals surface area contributed by atoms with Crippen LogP contribution in [-0.4, -0.2) is 48.4 Å². The second kappa shape index (κ2) is 13.9. The highest BCUT2D eigenvalue weighted by Gasteiger charge is 2.21. The third-order valence-electron chi connectivity index (χ3n) is 4.98. The van der Waals surface area contributed by atoms with E-state index in [1.165, 1.54) is 0 Å². The molecule has 0 fully saturated rings. The largest absolute Gasteiger partial charge is 0.383 e. The van der Waals surface area contributed by atoms with E-state index >= 15 is 0 Å². The highest BCUT2D eigenvalue weighted by atomic mass is 32.1. The molecule has 0 saturated heterocycles. The van der Waals surface area contributed by atoms with Crippen LogP contribution in [0.4, 0.5) is 0 Å². The summed E-state index contributed by atoms with van der Waals surface area (Å²) in [6, 6.07) is 14.0. The molecular weight excluding hydrogens is 396 g/mol. The average Bonchev–Trinajstić information content (AvgIpc) is 3.27. The summed E-state index contributed by atoms with van der Waals surface area (Å²) < 4.78 is 5.17. The molecule has 0 radical (unpaired) electrons. The predicted octanol–water partition coefficient (Wildman–Crippen LogP) is 4.72. The standard InChI is InChI=1S/C24H34N2O3S/c1-3-4-5-9-14-23(27)25(15-16-29-2)20-24(28)26(19-22-13-10-17-30-22)18-21-11-7-6-8-12-21/h6-8,10-13,17H,3-5,9,14-16,18-20H2,1-2H3. The van der Waals surface area contributed by atoms with Gasteiger partial charge in [0.1, 0.15) is 0 Å². The van der Waals surface area contributed by atoms with Crippen molar-refractivity contribution in [2.75, 3.05) is 26.8 Å². The van der Waals surface area contributed by atoms with Gasteiger partial charge in [0.25, 0.3) is 0 Å². The number of rotatable bonds is 14. The summed E-state index contributed by atoms with van der Waals surface area (Å²) in [5.74, 6) is -0.00227. The fourth-order valence-electron chi connectivity index (χ4n) is 3.24. The number of benzene rings is 1. The second-order valence-corrected chi connectivity index (χ2v) is 8.47. The number of thiophene rings is 1. The molecule has 164 valence electrons. The van der Waals surface area contributed by atoms with Gasteiger partial charge in [-0.2, -0.15) is 0 Å². The maximum Gasteiger partial charge on any atom is 0.242 e. The lowest BCUT2D eigenvalue weighted by atomic mass is 10.1. The lowest BCUT2D eigenvalue weighted by Crippen LogP contribution is -2.43. The Morgan fingerprint density at radius 2 is 1.73 bits per heavy atom. The lowest BCUT2D eigenvalue weighted by Gasteiger charge is -2.27. The molecule has 0 bridgehead atoms. The highest BCUT2D eigenvalue weighted by Crippen LogP contribution is 2.15. The van der Waals surface area contributed by atoms with Crippen LogP contribution < -0.4 is 0 Å². The molecule has 2 amide bonds. The molecule has 0 aliphatic rings. The van der Waals surface area contributed by atoms with Crippen LogP contribution in [0.3, 0.4) is 0 Å². The number of amides is 2. The van der Waals surface area contributed by atoms with Gasteiger partial charge < -0.3 is 14.5 Å². The molecule has 0 N–H and O–H groups in total. The Morgan fingerprint density at radius 1 is 0.933 bits per heavy atom. The van der Waals surface area contributed by atoms with Crippen molar-refractivity contribution in [1.82, 2.24) is 9.80 Å². The number of carbonyl (C=O) groups excluding carboxylic acids is 2. The van der Waals surface area contributed by atoms with Gasteiger partial charge in [-0.05, 0) is 23.4 Å². The number of nitrogens with zero attached hydrogens (tertiary/aromatic N) is 2. The van der Waals surface area contributed by atoms with Crippen LogP contribution in [0, 0.1) is 0 Å². The lowest BCUT2D eigenvalue weighted by molar-refractivity contribution is -0.141. The molecule has 0 aliphatic carbocycles. The van der Waals surface area contributed by atoms with Crippen LogP contribution in [0.15, 0.2) is 47.8 Å². The van der Waals surface area contributed by atoms with E-state index in [-0.39, 0.29) is 18.4 Å². The van der Waals surface area contributed by atoms with Crippen molar-refractivity contribution in [3.05, 3.63) is 58.3 Å². The number of hydrogen-bond donors (Lipinski definition) is 0. The van der Waals surface area contributed by atoms with E-state index in [0.29, 0.717) is 32.7 Å². The van der Waals surface area contributed by atoms with E-state index in [0.717, 1.165) is 36.1 Å². The predicted molar refractivity (Wildman–Crippen MR) is 122 cm³/mol. The van der Waals surface area contributed by atoms with Gasteiger partial charge in [0.15, 0.2) is 0 Å². The van der Waals surface area contributed by atoms with E-state index < -0.39 is 0 Å². The number of ether oxygens (including phenoxy) is 1. The van der Waals surface area contributed by atoms with Crippen molar-refractivity contribution in [3.8, 4) is 0 Å². The molecule has 0 unspecified atom stereocenters. The van der Waals surface area contributed by atoms with E-state index in [1.54, 1.807) is 23.3 Å². The van der Waals surface area contributed by atoms with Gasteiger partial charge in [-0.3, -0.25) is 9.59 Å². The third kappa shape index (κ3) is 8.67. The normalized spacial score (nSPS) is 10.7. The smallest absolute Gasteiger partial charge is 0.242 e. The second-order valence-electron chi connectivity index (χ2n) is 7.43. The Kier molecular flexibility index (Phi) is 11.2. The molecule has 2 aromatic rings. The summed E-state index contributed by atoms with van der Waals surface area (Å²) in [5, 5.41) is 2.02.